The first-order chi connectivity index (χ1) is 9.44. The van der Waals surface area contributed by atoms with Crippen LogP contribution in [0, 0.1) is 67.5 Å². The largest absolute Gasteiger partial charge is 0.203 e. The van der Waals surface area contributed by atoms with Crippen LogP contribution in [-0.2, 0) is 0 Å². The van der Waals surface area contributed by atoms with Gasteiger partial charge in [-0.25, -0.2) is 8.78 Å². The Morgan fingerprint density at radius 1 is 0.850 bits per heavy atom. The summed E-state index contributed by atoms with van der Waals surface area (Å²) in [6, 6.07) is 5.96. The van der Waals surface area contributed by atoms with Gasteiger partial charge in [0, 0.05) is 8.79 Å². The van der Waals surface area contributed by atoms with Crippen molar-refractivity contribution < 1.29 is 8.78 Å². The van der Waals surface area contributed by atoms with Crippen LogP contribution in [0.25, 0.3) is 11.1 Å². The van der Waals surface area contributed by atoms with E-state index in [2.05, 4.69) is 0 Å². The highest BCUT2D eigenvalue weighted by molar-refractivity contribution is 14.1. The van der Waals surface area contributed by atoms with Crippen molar-refractivity contribution in [3.63, 3.8) is 0 Å². The van der Waals surface area contributed by atoms with Gasteiger partial charge in [-0.15, -0.1) is 0 Å². The predicted octanol–water partition coefficient (Wildman–Crippen LogP) is 1.27. The molecule has 1 aromatic rings. The van der Waals surface area contributed by atoms with E-state index in [-0.39, 0.29) is 9.13 Å². The Balaban J connectivity index is 4.35. The number of hydrogen-bond donors (Lipinski definition) is 0. The molecule has 0 aliphatic heterocycles. The van der Waals surface area contributed by atoms with Crippen LogP contribution in [-0.4, -0.2) is 0 Å². The summed E-state index contributed by atoms with van der Waals surface area (Å²) < 4.78 is 28.2. The van der Waals surface area contributed by atoms with E-state index in [9.17, 15) is 8.78 Å². The molecule has 0 atom stereocenters. The van der Waals surface area contributed by atoms with Crippen LogP contribution in [0.1, 0.15) is 5.56 Å². The zero-order valence-electron chi connectivity index (χ0n) is 9.92. The molecular formula is C13H3F2IN4. The molecule has 0 aliphatic carbocycles. The monoisotopic (exact) mass is 380 g/mol. The first-order valence-electron chi connectivity index (χ1n) is 4.96. The Morgan fingerprint density at radius 3 is 1.60 bits per heavy atom. The minimum atomic E-state index is -1.42. The molecule has 0 aliphatic rings. The van der Waals surface area contributed by atoms with Crippen molar-refractivity contribution in [1.29, 1.82) is 21.0 Å². The molecule has 0 fully saturated rings. The third kappa shape index (κ3) is 2.32. The normalized spacial score (nSPS) is 8.80. The van der Waals surface area contributed by atoms with Crippen LogP contribution in [0.2, 0.25) is 0 Å². The van der Waals surface area contributed by atoms with Crippen molar-refractivity contribution >= 4 is 33.7 Å². The molecule has 0 aromatic heterocycles. The fraction of sp³-hybridized carbons (Fsp3) is 0.0769. The fourth-order valence-corrected chi connectivity index (χ4v) is 2.34. The zero-order chi connectivity index (χ0) is 15.4. The van der Waals surface area contributed by atoms with Crippen molar-refractivity contribution in [1.82, 2.24) is 0 Å². The second kappa shape index (κ2) is 6.10. The van der Waals surface area contributed by atoms with E-state index >= 15 is 0 Å². The van der Waals surface area contributed by atoms with E-state index in [0.717, 1.165) is 0 Å². The highest BCUT2D eigenvalue weighted by atomic mass is 127. The van der Waals surface area contributed by atoms with E-state index < -0.39 is 33.2 Å². The topological polar surface area (TPSA) is 95.2 Å². The van der Waals surface area contributed by atoms with Gasteiger partial charge in [0.15, 0.2) is 11.6 Å². The van der Waals surface area contributed by atoms with Gasteiger partial charge in [-0.3, -0.25) is 0 Å². The molecule has 1 rings (SSSR count). The maximum Gasteiger partial charge on any atom is 0.169 e. The van der Waals surface area contributed by atoms with E-state index in [1.165, 1.54) is 31.2 Å². The average molecular weight is 380 g/mol. The van der Waals surface area contributed by atoms with Crippen LogP contribution in [0.5, 0.6) is 0 Å². The first-order valence-corrected chi connectivity index (χ1v) is 6.04. The van der Waals surface area contributed by atoms with Gasteiger partial charge in [0.05, 0.1) is 5.22 Å². The molecule has 0 N–H and O–H groups in total. The minimum absolute atomic E-state index is 0.109. The minimum Gasteiger partial charge on any atom is -0.203 e. The third-order valence-corrected chi connectivity index (χ3v) is 3.85. The number of benzene rings is 1. The van der Waals surface area contributed by atoms with Crippen LogP contribution in [0.3, 0.4) is 0 Å². The van der Waals surface area contributed by atoms with Crippen molar-refractivity contribution in [2.75, 3.05) is 0 Å². The Hall–Kier alpha value is -2.49. The number of hydrogen-bond acceptors (Lipinski definition) is 4. The Bertz CT molecular complexity index is 747. The van der Waals surface area contributed by atoms with Crippen LogP contribution in [0.4, 0.5) is 8.78 Å². The second-order valence-corrected chi connectivity index (χ2v) is 4.59. The van der Waals surface area contributed by atoms with Gasteiger partial charge in [0.2, 0.25) is 0 Å². The van der Waals surface area contributed by atoms with Crippen molar-refractivity contribution in [2.45, 2.75) is 6.92 Å². The molecule has 4 nitrogen and oxygen atoms in total. The molecule has 0 radical (unpaired) electrons. The summed E-state index contributed by atoms with van der Waals surface area (Å²) in [5, 5.41) is 34.2. The highest BCUT2D eigenvalue weighted by Gasteiger charge is 2.18. The third-order valence-electron chi connectivity index (χ3n) is 2.50. The van der Waals surface area contributed by atoms with E-state index in [1.807, 2.05) is 0 Å². The summed E-state index contributed by atoms with van der Waals surface area (Å²) >= 11 is 1.64. The van der Waals surface area contributed by atoms with Gasteiger partial charge in [-0.05, 0) is 35.1 Å². The van der Waals surface area contributed by atoms with Crippen LogP contribution in [0.15, 0.2) is 0 Å². The molecule has 0 saturated carbocycles. The number of rotatable bonds is 0. The number of halogens is 3. The van der Waals surface area contributed by atoms with Crippen LogP contribution >= 0.6 is 22.6 Å². The molecule has 96 valence electrons. The summed E-state index contributed by atoms with van der Waals surface area (Å²) in [6.45, 7) is 1.38. The average Bonchev–Trinajstić information content (AvgIpc) is 2.46. The SMILES string of the molecule is Cc1c(I)c(=C(C#N)C#N)c(F)c(F)c1=C(C#N)C#N. The molecule has 1 aromatic carbocycles. The predicted molar refractivity (Wildman–Crippen MR) is 72.3 cm³/mol. The molecule has 0 bridgehead atoms. The van der Waals surface area contributed by atoms with Gasteiger partial charge < -0.3 is 0 Å². The maximum absolute atomic E-state index is 14.0. The lowest BCUT2D eigenvalue weighted by atomic mass is 10.0. The Kier molecular flexibility index (Phi) is 4.75. The summed E-state index contributed by atoms with van der Waals surface area (Å²) in [5.74, 6) is -2.84. The molecule has 0 spiro atoms. The summed E-state index contributed by atoms with van der Waals surface area (Å²) in [7, 11) is 0. The molecule has 0 amide bonds. The van der Waals surface area contributed by atoms with Gasteiger partial charge >= 0.3 is 0 Å². The molecule has 7 heteroatoms. The molecule has 0 heterocycles. The quantitative estimate of drug-likeness (QED) is 0.501. The lowest BCUT2D eigenvalue weighted by molar-refractivity contribution is 0.494. The van der Waals surface area contributed by atoms with Crippen LogP contribution < -0.4 is 10.4 Å². The molecule has 20 heavy (non-hydrogen) atoms. The zero-order valence-corrected chi connectivity index (χ0v) is 12.1. The highest BCUT2D eigenvalue weighted by Crippen LogP contribution is 2.10. The van der Waals surface area contributed by atoms with Crippen molar-refractivity contribution in [3.8, 4) is 24.3 Å². The Morgan fingerprint density at radius 2 is 1.20 bits per heavy atom. The lowest BCUT2D eigenvalue weighted by Gasteiger charge is -2.05. The smallest absolute Gasteiger partial charge is 0.169 e. The van der Waals surface area contributed by atoms with Gasteiger partial charge in [0.25, 0.3) is 0 Å². The van der Waals surface area contributed by atoms with Gasteiger partial charge in [-0.2, -0.15) is 21.0 Å². The standard InChI is InChI=1S/C13H3F2IN4/c1-6-9(7(2-17)3-18)11(14)12(15)10(13(6)16)8(4-19)5-20/h1H3. The number of nitriles is 4. The summed E-state index contributed by atoms with van der Waals surface area (Å²) in [6.07, 6.45) is 0. The summed E-state index contributed by atoms with van der Waals surface area (Å²) in [5.41, 5.74) is -1.02. The van der Waals surface area contributed by atoms with Gasteiger partial charge in [0.1, 0.15) is 35.4 Å². The molecular weight excluding hydrogens is 377 g/mol. The van der Waals surface area contributed by atoms with Crippen molar-refractivity contribution in [2.24, 2.45) is 0 Å². The van der Waals surface area contributed by atoms with Gasteiger partial charge in [-0.1, -0.05) is 0 Å². The van der Waals surface area contributed by atoms with E-state index in [0.29, 0.717) is 0 Å². The molecule has 0 unspecified atom stereocenters. The maximum atomic E-state index is 14.0. The second-order valence-electron chi connectivity index (χ2n) is 3.51. The number of nitrogens with zero attached hydrogens (tertiary/aromatic N) is 4. The fourth-order valence-electron chi connectivity index (χ4n) is 1.57. The summed E-state index contributed by atoms with van der Waals surface area (Å²) in [4.78, 5) is 0. The van der Waals surface area contributed by atoms with E-state index in [1.54, 1.807) is 22.6 Å². The lowest BCUT2D eigenvalue weighted by Crippen LogP contribution is -2.29. The first kappa shape index (κ1) is 15.6. The van der Waals surface area contributed by atoms with E-state index in [4.69, 9.17) is 21.0 Å². The molecule has 0 saturated heterocycles. The van der Waals surface area contributed by atoms with Crippen molar-refractivity contribution in [3.05, 3.63) is 31.2 Å². The Labute approximate surface area is 126 Å².